The molecule has 0 aromatic carbocycles. The quantitative estimate of drug-likeness (QED) is 0.690. The summed E-state index contributed by atoms with van der Waals surface area (Å²) in [6.45, 7) is -0.411. The van der Waals surface area contributed by atoms with E-state index >= 15 is 0 Å². The van der Waals surface area contributed by atoms with Crippen molar-refractivity contribution in [1.29, 1.82) is 5.26 Å². The normalized spacial score (nSPS) is 10.9. The number of hydrogen-bond acceptors (Lipinski definition) is 5. The van der Waals surface area contributed by atoms with Crippen molar-refractivity contribution in [3.63, 3.8) is 0 Å². The Kier molecular flexibility index (Phi) is 3.08. The van der Waals surface area contributed by atoms with E-state index in [4.69, 9.17) is 10.4 Å². The average Bonchev–Trinajstić information content (AvgIpc) is 2.64. The maximum absolute atomic E-state index is 11.3. The molecule has 0 aliphatic heterocycles. The van der Waals surface area contributed by atoms with Crippen LogP contribution in [0.15, 0.2) is 21.6 Å². The van der Waals surface area contributed by atoms with Crippen molar-refractivity contribution in [2.24, 2.45) is 0 Å². The Morgan fingerprint density at radius 3 is 2.73 bits per heavy atom. The largest absolute Gasteiger partial charge is 0.475 e. The number of nitrogens with one attached hydrogen (secondary N) is 1. The van der Waals surface area contributed by atoms with Gasteiger partial charge in [0.15, 0.2) is 0 Å². The van der Waals surface area contributed by atoms with E-state index in [1.807, 2.05) is 4.72 Å². The van der Waals surface area contributed by atoms with Gasteiger partial charge in [-0.25, -0.2) is 13.2 Å². The molecule has 2 N–H and O–H groups in total. The van der Waals surface area contributed by atoms with Crippen LogP contribution in [-0.4, -0.2) is 26.0 Å². The van der Waals surface area contributed by atoms with E-state index in [0.29, 0.717) is 0 Å². The molecule has 1 aromatic heterocycles. The Morgan fingerprint density at radius 2 is 2.27 bits per heavy atom. The molecule has 7 nitrogen and oxygen atoms in total. The molecule has 0 aliphatic carbocycles. The maximum Gasteiger partial charge on any atom is 0.371 e. The van der Waals surface area contributed by atoms with Crippen LogP contribution in [0.25, 0.3) is 0 Å². The Morgan fingerprint density at radius 1 is 1.60 bits per heavy atom. The van der Waals surface area contributed by atoms with Crippen molar-refractivity contribution in [3.8, 4) is 6.07 Å². The Balaban J connectivity index is 2.97. The molecule has 1 rings (SSSR count). The van der Waals surface area contributed by atoms with Crippen molar-refractivity contribution in [1.82, 2.24) is 4.72 Å². The molecule has 8 heteroatoms. The summed E-state index contributed by atoms with van der Waals surface area (Å²) in [5.74, 6) is -1.84. The number of sulfonamides is 1. The van der Waals surface area contributed by atoms with Crippen LogP contribution in [0.2, 0.25) is 0 Å². The van der Waals surface area contributed by atoms with E-state index in [2.05, 4.69) is 4.42 Å². The molecular formula is C7H6N2O5S. The van der Waals surface area contributed by atoms with Gasteiger partial charge in [-0.1, -0.05) is 0 Å². The molecule has 1 heterocycles. The highest BCUT2D eigenvalue weighted by atomic mass is 32.2. The van der Waals surface area contributed by atoms with Crippen LogP contribution in [0.3, 0.4) is 0 Å². The van der Waals surface area contributed by atoms with Gasteiger partial charge >= 0.3 is 5.97 Å². The topological polar surface area (TPSA) is 120 Å². The van der Waals surface area contributed by atoms with Gasteiger partial charge in [0.05, 0.1) is 12.6 Å². The molecule has 15 heavy (non-hydrogen) atoms. The Labute approximate surface area is 85.0 Å². The molecule has 0 unspecified atom stereocenters. The summed E-state index contributed by atoms with van der Waals surface area (Å²) in [5.41, 5.74) is 0. The zero-order chi connectivity index (χ0) is 11.5. The summed E-state index contributed by atoms with van der Waals surface area (Å²) in [4.78, 5) is 10.4. The van der Waals surface area contributed by atoms with Crippen molar-refractivity contribution in [2.75, 3.05) is 6.54 Å². The Bertz CT molecular complexity index is 510. The van der Waals surface area contributed by atoms with Crippen molar-refractivity contribution < 1.29 is 22.7 Å². The second-order valence-electron chi connectivity index (χ2n) is 2.41. The monoisotopic (exact) mass is 230 g/mol. The molecular weight excluding hydrogens is 224 g/mol. The number of furan rings is 1. The van der Waals surface area contributed by atoms with Crippen molar-refractivity contribution >= 4 is 16.0 Å². The first-order valence-corrected chi connectivity index (χ1v) is 5.15. The van der Waals surface area contributed by atoms with Gasteiger partial charge in [0.2, 0.25) is 10.9 Å². The molecule has 0 atom stereocenters. The van der Waals surface area contributed by atoms with E-state index in [1.54, 1.807) is 6.07 Å². The predicted octanol–water partition coefficient (Wildman–Crippen LogP) is -0.220. The first-order chi connectivity index (χ1) is 6.97. The molecule has 0 bridgehead atoms. The minimum absolute atomic E-state index is 0.411. The van der Waals surface area contributed by atoms with Crippen LogP contribution >= 0.6 is 0 Å². The van der Waals surface area contributed by atoms with E-state index in [1.165, 1.54) is 0 Å². The molecule has 0 saturated heterocycles. The number of carbonyl (C=O) groups is 1. The number of nitriles is 1. The molecule has 1 aromatic rings. The third-order valence-electron chi connectivity index (χ3n) is 1.40. The van der Waals surface area contributed by atoms with Gasteiger partial charge in [-0.05, 0) is 12.1 Å². The number of rotatable bonds is 4. The number of nitrogens with zero attached hydrogens (tertiary/aromatic N) is 1. The third kappa shape index (κ3) is 2.55. The zero-order valence-electron chi connectivity index (χ0n) is 7.30. The van der Waals surface area contributed by atoms with Crippen LogP contribution in [0, 0.1) is 11.3 Å². The van der Waals surface area contributed by atoms with Gasteiger partial charge < -0.3 is 9.52 Å². The molecule has 0 amide bonds. The highest BCUT2D eigenvalue weighted by Crippen LogP contribution is 2.13. The smallest absolute Gasteiger partial charge is 0.371 e. The standard InChI is InChI=1S/C7H6N2O5S/c8-3-4-9-15(12,13)6-2-1-5(14-6)7(10)11/h1-2,9H,4H2,(H,10,11). The maximum atomic E-state index is 11.3. The highest BCUT2D eigenvalue weighted by Gasteiger charge is 2.20. The van der Waals surface area contributed by atoms with Gasteiger partial charge in [0, 0.05) is 0 Å². The van der Waals surface area contributed by atoms with E-state index < -0.39 is 33.4 Å². The third-order valence-corrected chi connectivity index (χ3v) is 2.67. The fraction of sp³-hybridized carbons (Fsp3) is 0.143. The molecule has 80 valence electrons. The summed E-state index contributed by atoms with van der Waals surface area (Å²) in [5, 5.41) is 16.1. The van der Waals surface area contributed by atoms with Crippen molar-refractivity contribution in [3.05, 3.63) is 17.9 Å². The number of aromatic carboxylic acids is 1. The van der Waals surface area contributed by atoms with Crippen molar-refractivity contribution in [2.45, 2.75) is 5.09 Å². The fourth-order valence-electron chi connectivity index (χ4n) is 0.778. The first kappa shape index (κ1) is 11.2. The minimum Gasteiger partial charge on any atom is -0.475 e. The van der Waals surface area contributed by atoms with E-state index in [0.717, 1.165) is 12.1 Å². The van der Waals surface area contributed by atoms with Gasteiger partial charge in [-0.15, -0.1) is 0 Å². The molecule has 0 fully saturated rings. The SMILES string of the molecule is N#CCNS(=O)(=O)c1ccc(C(=O)O)o1. The first-order valence-electron chi connectivity index (χ1n) is 3.67. The summed E-state index contributed by atoms with van der Waals surface area (Å²) in [6, 6.07) is 3.60. The second kappa shape index (κ2) is 4.12. The predicted molar refractivity (Wildman–Crippen MR) is 46.5 cm³/mol. The second-order valence-corrected chi connectivity index (χ2v) is 4.10. The molecule has 0 saturated carbocycles. The van der Waals surface area contributed by atoms with Gasteiger partial charge in [0.1, 0.15) is 0 Å². The van der Waals surface area contributed by atoms with Crippen LogP contribution in [0.4, 0.5) is 0 Å². The molecule has 0 radical (unpaired) electrons. The number of carboxylic acids is 1. The van der Waals surface area contributed by atoms with Crippen LogP contribution in [0.5, 0.6) is 0 Å². The highest BCUT2D eigenvalue weighted by molar-refractivity contribution is 7.89. The van der Waals surface area contributed by atoms with E-state index in [-0.39, 0.29) is 0 Å². The minimum atomic E-state index is -3.94. The van der Waals surface area contributed by atoms with Gasteiger partial charge in [-0.3, -0.25) is 0 Å². The van der Waals surface area contributed by atoms with Gasteiger partial charge in [0.25, 0.3) is 10.0 Å². The lowest BCUT2D eigenvalue weighted by molar-refractivity contribution is 0.0656. The summed E-state index contributed by atoms with van der Waals surface area (Å²) >= 11 is 0. The lowest BCUT2D eigenvalue weighted by Gasteiger charge is -1.97. The molecule has 0 spiro atoms. The summed E-state index contributed by atoms with van der Waals surface area (Å²) in [7, 11) is -3.94. The number of carboxylic acid groups (broad SMARTS) is 1. The summed E-state index contributed by atoms with van der Waals surface area (Å²) in [6.07, 6.45) is 0. The van der Waals surface area contributed by atoms with Gasteiger partial charge in [-0.2, -0.15) is 9.98 Å². The van der Waals surface area contributed by atoms with Crippen LogP contribution in [0.1, 0.15) is 10.6 Å². The lowest BCUT2D eigenvalue weighted by atomic mass is 10.5. The lowest BCUT2D eigenvalue weighted by Crippen LogP contribution is -2.23. The summed E-state index contributed by atoms with van der Waals surface area (Å²) < 4.78 is 29.0. The molecule has 0 aliphatic rings. The average molecular weight is 230 g/mol. The Hall–Kier alpha value is -1.85. The number of hydrogen-bond donors (Lipinski definition) is 2. The van der Waals surface area contributed by atoms with Crippen LogP contribution < -0.4 is 4.72 Å². The fourth-order valence-corrected chi connectivity index (χ4v) is 1.62. The van der Waals surface area contributed by atoms with E-state index in [9.17, 15) is 13.2 Å². The van der Waals surface area contributed by atoms with Crippen LogP contribution in [-0.2, 0) is 10.0 Å². The zero-order valence-corrected chi connectivity index (χ0v) is 8.11.